The Kier molecular flexibility index (Phi) is 10.5. The van der Waals surface area contributed by atoms with Gasteiger partial charge in [-0.05, 0) is 24.0 Å². The van der Waals surface area contributed by atoms with Crippen LogP contribution < -0.4 is 10.6 Å². The van der Waals surface area contributed by atoms with Crippen LogP contribution in [0, 0.1) is 0 Å². The number of amides is 1. The second-order valence-electron chi connectivity index (χ2n) is 7.17. The highest BCUT2D eigenvalue weighted by Crippen LogP contribution is 2.14. The summed E-state index contributed by atoms with van der Waals surface area (Å²) in [6.07, 6.45) is 2.23. The number of carbonyl (C=O) groups is 1. The van der Waals surface area contributed by atoms with E-state index in [9.17, 15) is 4.79 Å². The molecule has 0 unspecified atom stereocenters. The molecule has 29 heavy (non-hydrogen) atoms. The van der Waals surface area contributed by atoms with Crippen molar-refractivity contribution in [2.45, 2.75) is 32.1 Å². The molecule has 0 saturated carbocycles. The Labute approximate surface area is 173 Å². The standard InChI is InChI=1S/C21H34N4O4/c1-25(2)20(26)15-24-21(22-10-13-27-3)23-14-17-4-6-18(7-5-17)16-29-19-8-11-28-12-9-19/h4-7,19H,8-16H2,1-3H3,(H2,22,23,24). The Morgan fingerprint density at radius 2 is 1.86 bits per heavy atom. The van der Waals surface area contributed by atoms with Crippen molar-refractivity contribution in [2.75, 3.05) is 54.1 Å². The zero-order valence-electron chi connectivity index (χ0n) is 17.8. The number of hydrogen-bond acceptors (Lipinski definition) is 5. The van der Waals surface area contributed by atoms with Crippen molar-refractivity contribution in [2.24, 2.45) is 4.99 Å². The molecule has 1 saturated heterocycles. The highest BCUT2D eigenvalue weighted by atomic mass is 16.5. The van der Waals surface area contributed by atoms with Crippen LogP contribution in [0.4, 0.5) is 0 Å². The lowest BCUT2D eigenvalue weighted by atomic mass is 10.1. The lowest BCUT2D eigenvalue weighted by Gasteiger charge is -2.22. The maximum atomic E-state index is 11.8. The van der Waals surface area contributed by atoms with E-state index in [1.54, 1.807) is 26.1 Å². The molecule has 1 aromatic rings. The molecule has 2 N–H and O–H groups in total. The number of rotatable bonds is 10. The van der Waals surface area contributed by atoms with Gasteiger partial charge in [0.05, 0.1) is 32.4 Å². The molecule has 8 nitrogen and oxygen atoms in total. The molecule has 2 rings (SSSR count). The second kappa shape index (κ2) is 13.1. The van der Waals surface area contributed by atoms with Gasteiger partial charge in [-0.2, -0.15) is 0 Å². The third-order valence-corrected chi connectivity index (χ3v) is 4.60. The molecule has 0 bridgehead atoms. The highest BCUT2D eigenvalue weighted by Gasteiger charge is 2.13. The second-order valence-corrected chi connectivity index (χ2v) is 7.17. The van der Waals surface area contributed by atoms with Crippen LogP contribution in [0.1, 0.15) is 24.0 Å². The SMILES string of the molecule is COCCNC(=NCc1ccc(COC2CCOCC2)cc1)NCC(=O)N(C)C. The summed E-state index contributed by atoms with van der Waals surface area (Å²) in [5, 5.41) is 6.23. The van der Waals surface area contributed by atoms with Crippen molar-refractivity contribution in [3.63, 3.8) is 0 Å². The Hall–Kier alpha value is -2.16. The van der Waals surface area contributed by atoms with Gasteiger partial charge in [-0.3, -0.25) is 4.79 Å². The van der Waals surface area contributed by atoms with Gasteiger partial charge in [0.2, 0.25) is 5.91 Å². The van der Waals surface area contributed by atoms with E-state index < -0.39 is 0 Å². The first-order chi connectivity index (χ1) is 14.1. The molecular formula is C21H34N4O4. The largest absolute Gasteiger partial charge is 0.383 e. The van der Waals surface area contributed by atoms with E-state index in [4.69, 9.17) is 14.2 Å². The van der Waals surface area contributed by atoms with Gasteiger partial charge in [0.1, 0.15) is 0 Å². The minimum atomic E-state index is -0.0138. The van der Waals surface area contributed by atoms with Crippen LogP contribution >= 0.6 is 0 Å². The number of aliphatic imine (C=N–C) groups is 1. The van der Waals surface area contributed by atoms with Gasteiger partial charge in [0, 0.05) is 41.0 Å². The number of hydrogen-bond donors (Lipinski definition) is 2. The molecule has 1 fully saturated rings. The Bertz CT molecular complexity index is 628. The first kappa shape index (κ1) is 23.1. The normalized spacial score (nSPS) is 15.2. The fourth-order valence-electron chi connectivity index (χ4n) is 2.73. The number of nitrogens with zero attached hydrogens (tertiary/aromatic N) is 2. The molecule has 1 heterocycles. The number of nitrogens with one attached hydrogen (secondary N) is 2. The molecule has 0 aliphatic carbocycles. The Morgan fingerprint density at radius 1 is 1.17 bits per heavy atom. The van der Waals surface area contributed by atoms with Gasteiger partial charge in [-0.15, -0.1) is 0 Å². The smallest absolute Gasteiger partial charge is 0.241 e. The minimum absolute atomic E-state index is 0.0138. The summed E-state index contributed by atoms with van der Waals surface area (Å²) in [7, 11) is 5.10. The van der Waals surface area contributed by atoms with E-state index in [0.717, 1.165) is 37.2 Å². The van der Waals surface area contributed by atoms with Gasteiger partial charge in [-0.1, -0.05) is 24.3 Å². The average Bonchev–Trinajstić information content (AvgIpc) is 2.75. The monoisotopic (exact) mass is 406 g/mol. The van der Waals surface area contributed by atoms with Crippen molar-refractivity contribution < 1.29 is 19.0 Å². The van der Waals surface area contributed by atoms with E-state index in [2.05, 4.69) is 39.9 Å². The summed E-state index contributed by atoms with van der Waals surface area (Å²) in [4.78, 5) is 17.9. The first-order valence-electron chi connectivity index (χ1n) is 10.1. The predicted molar refractivity (Wildman–Crippen MR) is 113 cm³/mol. The van der Waals surface area contributed by atoms with Gasteiger partial charge in [0.25, 0.3) is 0 Å². The van der Waals surface area contributed by atoms with Crippen LogP contribution in [0.2, 0.25) is 0 Å². The van der Waals surface area contributed by atoms with Crippen molar-refractivity contribution >= 4 is 11.9 Å². The van der Waals surface area contributed by atoms with Gasteiger partial charge in [-0.25, -0.2) is 4.99 Å². The predicted octanol–water partition coefficient (Wildman–Crippen LogP) is 1.15. The maximum absolute atomic E-state index is 11.8. The number of guanidine groups is 1. The van der Waals surface area contributed by atoms with E-state index in [1.165, 1.54) is 0 Å². The summed E-state index contributed by atoms with van der Waals surface area (Å²) in [5.41, 5.74) is 2.24. The molecule has 8 heteroatoms. The molecule has 1 aliphatic heterocycles. The number of benzene rings is 1. The average molecular weight is 407 g/mol. The Balaban J connectivity index is 1.84. The van der Waals surface area contributed by atoms with Crippen LogP contribution in [-0.2, 0) is 32.2 Å². The van der Waals surface area contributed by atoms with Crippen LogP contribution in [0.25, 0.3) is 0 Å². The molecule has 162 valence electrons. The summed E-state index contributed by atoms with van der Waals surface area (Å²) in [6.45, 7) is 4.07. The number of ether oxygens (including phenoxy) is 3. The van der Waals surface area contributed by atoms with Crippen LogP contribution in [0.5, 0.6) is 0 Å². The van der Waals surface area contributed by atoms with E-state index in [-0.39, 0.29) is 12.5 Å². The zero-order valence-corrected chi connectivity index (χ0v) is 17.8. The lowest BCUT2D eigenvalue weighted by Crippen LogP contribution is -2.43. The first-order valence-corrected chi connectivity index (χ1v) is 10.1. The van der Waals surface area contributed by atoms with Crippen molar-refractivity contribution in [1.29, 1.82) is 0 Å². The number of methoxy groups -OCH3 is 1. The quantitative estimate of drug-likeness (QED) is 0.345. The molecule has 0 spiro atoms. The fraction of sp³-hybridized carbons (Fsp3) is 0.619. The summed E-state index contributed by atoms with van der Waals surface area (Å²) >= 11 is 0. The van der Waals surface area contributed by atoms with Crippen LogP contribution in [0.3, 0.4) is 0 Å². The van der Waals surface area contributed by atoms with Crippen molar-refractivity contribution in [1.82, 2.24) is 15.5 Å². The summed E-state index contributed by atoms with van der Waals surface area (Å²) < 4.78 is 16.4. The summed E-state index contributed by atoms with van der Waals surface area (Å²) in [5.74, 6) is 0.573. The molecule has 0 atom stereocenters. The minimum Gasteiger partial charge on any atom is -0.383 e. The summed E-state index contributed by atoms with van der Waals surface area (Å²) in [6, 6.07) is 8.27. The molecular weight excluding hydrogens is 372 g/mol. The third kappa shape index (κ3) is 9.25. The van der Waals surface area contributed by atoms with E-state index in [1.807, 2.05) is 0 Å². The zero-order chi connectivity index (χ0) is 20.9. The van der Waals surface area contributed by atoms with Gasteiger partial charge in [0.15, 0.2) is 5.96 Å². The van der Waals surface area contributed by atoms with Gasteiger partial charge >= 0.3 is 0 Å². The van der Waals surface area contributed by atoms with Crippen molar-refractivity contribution in [3.8, 4) is 0 Å². The van der Waals surface area contributed by atoms with Crippen molar-refractivity contribution in [3.05, 3.63) is 35.4 Å². The Morgan fingerprint density at radius 3 is 2.52 bits per heavy atom. The number of likely N-dealkylation sites (N-methyl/N-ethyl adjacent to an activating group) is 1. The molecule has 0 radical (unpaired) electrons. The van der Waals surface area contributed by atoms with E-state index in [0.29, 0.717) is 38.4 Å². The number of carbonyl (C=O) groups excluding carboxylic acids is 1. The topological polar surface area (TPSA) is 84.4 Å². The maximum Gasteiger partial charge on any atom is 0.241 e. The molecule has 1 aromatic carbocycles. The fourth-order valence-corrected chi connectivity index (χ4v) is 2.73. The van der Waals surface area contributed by atoms with Crippen LogP contribution in [-0.4, -0.2) is 77.0 Å². The van der Waals surface area contributed by atoms with Crippen LogP contribution in [0.15, 0.2) is 29.3 Å². The highest BCUT2D eigenvalue weighted by molar-refractivity contribution is 5.86. The molecule has 0 aromatic heterocycles. The van der Waals surface area contributed by atoms with Gasteiger partial charge < -0.3 is 29.7 Å². The third-order valence-electron chi connectivity index (χ3n) is 4.60. The molecule has 1 aliphatic rings. The molecule has 1 amide bonds. The lowest BCUT2D eigenvalue weighted by molar-refractivity contribution is -0.127. The van der Waals surface area contributed by atoms with E-state index >= 15 is 0 Å².